The number of amides is 2. The summed E-state index contributed by atoms with van der Waals surface area (Å²) >= 11 is 10.0. The van der Waals surface area contributed by atoms with Crippen molar-refractivity contribution in [2.75, 3.05) is 25.1 Å². The number of fused-ring (bicyclic) bond motifs is 1. The van der Waals surface area contributed by atoms with Gasteiger partial charge in [0.25, 0.3) is 11.8 Å². The van der Waals surface area contributed by atoms with Crippen molar-refractivity contribution in [1.82, 2.24) is 4.90 Å². The van der Waals surface area contributed by atoms with Crippen LogP contribution in [0.5, 0.6) is 0 Å². The molecule has 3 aliphatic heterocycles. The summed E-state index contributed by atoms with van der Waals surface area (Å²) in [5, 5.41) is 0. The molecule has 1 aromatic rings. The Morgan fingerprint density at radius 1 is 1.36 bits per heavy atom. The molecule has 0 N–H and O–H groups in total. The summed E-state index contributed by atoms with van der Waals surface area (Å²) in [5.74, 6) is -0.374. The van der Waals surface area contributed by atoms with E-state index < -0.39 is 0 Å². The van der Waals surface area contributed by atoms with E-state index in [1.807, 2.05) is 18.2 Å². The standard InChI is InChI=1S/C17H15BrN2O3S2/c1-19-12-5-4-9(18)7-11(12)13(15(19)21)14-16(22)20(17(24)25-14)8-10-3-2-6-23-10/h4-5,7,10H,2-3,6,8H2,1H3/b14-13-/t10-/m1/s1. The number of ether oxygens (including phenoxy) is 1. The van der Waals surface area contributed by atoms with Gasteiger partial charge >= 0.3 is 0 Å². The van der Waals surface area contributed by atoms with E-state index in [2.05, 4.69) is 15.9 Å². The molecule has 4 rings (SSSR count). The number of nitrogens with zero attached hydrogens (tertiary/aromatic N) is 2. The van der Waals surface area contributed by atoms with E-state index in [0.717, 1.165) is 35.2 Å². The van der Waals surface area contributed by atoms with Gasteiger partial charge < -0.3 is 9.64 Å². The highest BCUT2D eigenvalue weighted by atomic mass is 79.9. The van der Waals surface area contributed by atoms with Crippen LogP contribution in [0.1, 0.15) is 18.4 Å². The van der Waals surface area contributed by atoms with E-state index in [-0.39, 0.29) is 17.9 Å². The van der Waals surface area contributed by atoms with E-state index in [1.165, 1.54) is 11.8 Å². The average Bonchev–Trinajstić information content (AvgIpc) is 3.24. The molecular weight excluding hydrogens is 424 g/mol. The first-order chi connectivity index (χ1) is 12.0. The maximum absolute atomic E-state index is 13.0. The molecule has 0 unspecified atom stereocenters. The second kappa shape index (κ2) is 6.50. The van der Waals surface area contributed by atoms with Crippen LogP contribution >= 0.6 is 39.9 Å². The fraction of sp³-hybridized carbons (Fsp3) is 0.353. The SMILES string of the molecule is CN1C(=O)/C(=C2\SC(=S)N(C[C@H]3CCCO3)C2=O)c2cc(Br)ccc21. The first kappa shape index (κ1) is 17.2. The van der Waals surface area contributed by atoms with Crippen LogP contribution in [0.25, 0.3) is 5.57 Å². The Hall–Kier alpha value is -1.22. The lowest BCUT2D eigenvalue weighted by Gasteiger charge is -2.18. The van der Waals surface area contributed by atoms with Crippen LogP contribution in [0.15, 0.2) is 27.6 Å². The number of likely N-dealkylation sites (N-methyl/N-ethyl adjacent to an activating group) is 1. The first-order valence-corrected chi connectivity index (χ1v) is 9.96. The maximum Gasteiger partial charge on any atom is 0.267 e. The molecule has 2 fully saturated rings. The van der Waals surface area contributed by atoms with Crippen molar-refractivity contribution in [3.05, 3.63) is 33.1 Å². The van der Waals surface area contributed by atoms with E-state index in [0.29, 0.717) is 21.3 Å². The van der Waals surface area contributed by atoms with Gasteiger partial charge in [-0.2, -0.15) is 0 Å². The molecule has 0 bridgehead atoms. The number of hydrogen-bond acceptors (Lipinski definition) is 5. The van der Waals surface area contributed by atoms with Crippen LogP contribution in [0.2, 0.25) is 0 Å². The normalized spacial score (nSPS) is 26.2. The number of benzene rings is 1. The van der Waals surface area contributed by atoms with Gasteiger partial charge in [0.05, 0.1) is 28.8 Å². The molecule has 8 heteroatoms. The molecule has 2 amide bonds. The molecule has 3 aliphatic rings. The van der Waals surface area contributed by atoms with Crippen LogP contribution in [0.4, 0.5) is 5.69 Å². The van der Waals surface area contributed by atoms with Crippen LogP contribution in [-0.2, 0) is 14.3 Å². The molecule has 0 saturated carbocycles. The maximum atomic E-state index is 13.0. The Morgan fingerprint density at radius 3 is 2.88 bits per heavy atom. The highest BCUT2D eigenvalue weighted by Crippen LogP contribution is 2.45. The molecule has 0 radical (unpaired) electrons. The lowest BCUT2D eigenvalue weighted by Crippen LogP contribution is -2.35. The summed E-state index contributed by atoms with van der Waals surface area (Å²) in [4.78, 5) is 29.3. The Labute approximate surface area is 163 Å². The zero-order valence-corrected chi connectivity index (χ0v) is 16.7. The molecule has 1 atom stereocenters. The minimum Gasteiger partial charge on any atom is -0.376 e. The van der Waals surface area contributed by atoms with Gasteiger partial charge in [0, 0.05) is 23.7 Å². The van der Waals surface area contributed by atoms with Crippen LogP contribution in [0, 0.1) is 0 Å². The fourth-order valence-electron chi connectivity index (χ4n) is 3.31. The third-order valence-corrected chi connectivity index (χ3v) is 6.54. The van der Waals surface area contributed by atoms with Crippen LogP contribution in [0.3, 0.4) is 0 Å². The summed E-state index contributed by atoms with van der Waals surface area (Å²) in [6, 6.07) is 5.63. The third-order valence-electron chi connectivity index (χ3n) is 4.59. The fourth-order valence-corrected chi connectivity index (χ4v) is 5.02. The second-order valence-electron chi connectivity index (χ2n) is 6.15. The lowest BCUT2D eigenvalue weighted by atomic mass is 10.1. The third kappa shape index (κ3) is 2.85. The average molecular weight is 439 g/mol. The Morgan fingerprint density at radius 2 is 2.16 bits per heavy atom. The smallest absolute Gasteiger partial charge is 0.267 e. The highest BCUT2D eigenvalue weighted by molar-refractivity contribution is 9.10. The predicted octanol–water partition coefficient (Wildman–Crippen LogP) is 3.18. The van der Waals surface area contributed by atoms with E-state index in [4.69, 9.17) is 17.0 Å². The van der Waals surface area contributed by atoms with Crippen molar-refractivity contribution in [3.63, 3.8) is 0 Å². The molecule has 0 spiro atoms. The molecule has 0 aliphatic carbocycles. The lowest BCUT2D eigenvalue weighted by molar-refractivity contribution is -0.123. The molecule has 3 heterocycles. The molecular formula is C17H15BrN2O3S2. The highest BCUT2D eigenvalue weighted by Gasteiger charge is 2.42. The summed E-state index contributed by atoms with van der Waals surface area (Å²) in [7, 11) is 1.72. The largest absolute Gasteiger partial charge is 0.376 e. The van der Waals surface area contributed by atoms with Crippen LogP contribution < -0.4 is 4.90 Å². The Bertz CT molecular complexity index is 833. The van der Waals surface area contributed by atoms with Gasteiger partial charge in [-0.25, -0.2) is 0 Å². The van der Waals surface area contributed by atoms with Crippen molar-refractivity contribution < 1.29 is 14.3 Å². The number of halogens is 1. The van der Waals surface area contributed by atoms with E-state index in [1.54, 1.807) is 16.8 Å². The van der Waals surface area contributed by atoms with E-state index >= 15 is 0 Å². The zero-order chi connectivity index (χ0) is 17.7. The molecule has 0 aromatic heterocycles. The number of thiocarbonyl (C=S) groups is 1. The van der Waals surface area contributed by atoms with Gasteiger partial charge in [-0.3, -0.25) is 14.5 Å². The molecule has 2 saturated heterocycles. The van der Waals surface area contributed by atoms with Gasteiger partial charge in [-0.05, 0) is 31.0 Å². The molecule has 5 nitrogen and oxygen atoms in total. The van der Waals surface area contributed by atoms with Crippen molar-refractivity contribution >= 4 is 67.3 Å². The van der Waals surface area contributed by atoms with Crippen LogP contribution in [-0.4, -0.2) is 47.3 Å². The van der Waals surface area contributed by atoms with Gasteiger partial charge in [0.15, 0.2) is 0 Å². The summed E-state index contributed by atoms with van der Waals surface area (Å²) in [5.41, 5.74) is 2.00. The number of anilines is 1. The molecule has 130 valence electrons. The topological polar surface area (TPSA) is 49.9 Å². The molecule has 25 heavy (non-hydrogen) atoms. The first-order valence-electron chi connectivity index (χ1n) is 7.95. The minimum atomic E-state index is -0.199. The number of carbonyl (C=O) groups excluding carboxylic acids is 2. The Balaban J connectivity index is 1.73. The quantitative estimate of drug-likeness (QED) is 0.524. The van der Waals surface area contributed by atoms with Crippen molar-refractivity contribution in [2.24, 2.45) is 0 Å². The van der Waals surface area contributed by atoms with Crippen molar-refractivity contribution in [1.29, 1.82) is 0 Å². The van der Waals surface area contributed by atoms with Crippen molar-refractivity contribution in [2.45, 2.75) is 18.9 Å². The summed E-state index contributed by atoms with van der Waals surface area (Å²) in [6.45, 7) is 1.18. The van der Waals surface area contributed by atoms with Crippen molar-refractivity contribution in [3.8, 4) is 0 Å². The van der Waals surface area contributed by atoms with Gasteiger partial charge in [0.2, 0.25) is 0 Å². The summed E-state index contributed by atoms with van der Waals surface area (Å²) < 4.78 is 6.97. The van der Waals surface area contributed by atoms with Gasteiger partial charge in [0.1, 0.15) is 4.32 Å². The Kier molecular flexibility index (Phi) is 4.47. The monoisotopic (exact) mass is 438 g/mol. The minimum absolute atomic E-state index is 0.0234. The number of hydrogen-bond donors (Lipinski definition) is 0. The van der Waals surface area contributed by atoms with E-state index in [9.17, 15) is 9.59 Å². The predicted molar refractivity (Wildman–Crippen MR) is 105 cm³/mol. The second-order valence-corrected chi connectivity index (χ2v) is 8.71. The molecule has 1 aromatic carbocycles. The number of carbonyl (C=O) groups is 2. The number of thioether (sulfide) groups is 1. The zero-order valence-electron chi connectivity index (χ0n) is 13.5. The number of rotatable bonds is 2. The van der Waals surface area contributed by atoms with Gasteiger partial charge in [-0.15, -0.1) is 0 Å². The van der Waals surface area contributed by atoms with Gasteiger partial charge in [-0.1, -0.05) is 39.9 Å². The summed E-state index contributed by atoms with van der Waals surface area (Å²) in [6.07, 6.45) is 1.96.